The number of benzene rings is 1. The predicted octanol–water partition coefficient (Wildman–Crippen LogP) is 2.20. The monoisotopic (exact) mass is 253 g/mol. The van der Waals surface area contributed by atoms with Crippen LogP contribution in [0.3, 0.4) is 0 Å². The van der Waals surface area contributed by atoms with E-state index in [4.69, 9.17) is 5.11 Å². The van der Waals surface area contributed by atoms with Crippen molar-refractivity contribution in [3.63, 3.8) is 0 Å². The molecule has 0 aromatic heterocycles. The second kappa shape index (κ2) is 5.62. The molecule has 0 bridgehead atoms. The summed E-state index contributed by atoms with van der Waals surface area (Å²) in [6.45, 7) is 3.30. The predicted molar refractivity (Wildman–Crippen MR) is 64.8 cm³/mol. The normalized spacial score (nSPS) is 13.7. The van der Waals surface area contributed by atoms with E-state index in [1.165, 1.54) is 19.1 Å². The van der Waals surface area contributed by atoms with Gasteiger partial charge in [-0.3, -0.25) is 4.79 Å². The van der Waals surface area contributed by atoms with Crippen LogP contribution in [0, 0.1) is 5.82 Å². The van der Waals surface area contributed by atoms with Crippen LogP contribution in [0.15, 0.2) is 24.3 Å². The SMILES string of the molecule is CCCC(C)(NC(=O)c1ccc(F)cc1)C(=O)O. The van der Waals surface area contributed by atoms with Crippen molar-refractivity contribution in [2.24, 2.45) is 0 Å². The molecule has 18 heavy (non-hydrogen) atoms. The van der Waals surface area contributed by atoms with Gasteiger partial charge in [-0.15, -0.1) is 0 Å². The van der Waals surface area contributed by atoms with Gasteiger partial charge in [-0.25, -0.2) is 9.18 Å². The quantitative estimate of drug-likeness (QED) is 0.845. The van der Waals surface area contributed by atoms with E-state index in [0.717, 1.165) is 12.1 Å². The zero-order valence-corrected chi connectivity index (χ0v) is 10.4. The molecule has 1 amide bonds. The highest BCUT2D eigenvalue weighted by atomic mass is 19.1. The lowest BCUT2D eigenvalue weighted by Crippen LogP contribution is -2.52. The van der Waals surface area contributed by atoms with Gasteiger partial charge in [-0.2, -0.15) is 0 Å². The molecule has 0 aliphatic heterocycles. The van der Waals surface area contributed by atoms with Crippen LogP contribution in [0.25, 0.3) is 0 Å². The molecule has 0 aliphatic carbocycles. The Bertz CT molecular complexity index is 444. The Morgan fingerprint density at radius 3 is 2.33 bits per heavy atom. The van der Waals surface area contributed by atoms with Crippen LogP contribution in [0.2, 0.25) is 0 Å². The van der Waals surface area contributed by atoms with Gasteiger partial charge in [0.25, 0.3) is 5.91 Å². The lowest BCUT2D eigenvalue weighted by molar-refractivity contribution is -0.144. The fraction of sp³-hybridized carbons (Fsp3) is 0.385. The van der Waals surface area contributed by atoms with E-state index >= 15 is 0 Å². The lowest BCUT2D eigenvalue weighted by atomic mass is 9.96. The van der Waals surface area contributed by atoms with Crippen molar-refractivity contribution in [2.75, 3.05) is 0 Å². The van der Waals surface area contributed by atoms with Gasteiger partial charge in [-0.05, 0) is 37.6 Å². The van der Waals surface area contributed by atoms with E-state index in [-0.39, 0.29) is 5.56 Å². The van der Waals surface area contributed by atoms with Crippen molar-refractivity contribution in [1.82, 2.24) is 5.32 Å². The average molecular weight is 253 g/mol. The molecular formula is C13H16FNO3. The molecule has 0 fully saturated rings. The summed E-state index contributed by atoms with van der Waals surface area (Å²) in [5, 5.41) is 11.6. The first-order valence-corrected chi connectivity index (χ1v) is 5.70. The summed E-state index contributed by atoms with van der Waals surface area (Å²) in [5.41, 5.74) is -1.07. The van der Waals surface area contributed by atoms with E-state index in [0.29, 0.717) is 12.8 Å². The van der Waals surface area contributed by atoms with Gasteiger partial charge in [-0.1, -0.05) is 13.3 Å². The fourth-order valence-corrected chi connectivity index (χ4v) is 1.65. The Balaban J connectivity index is 2.85. The van der Waals surface area contributed by atoms with Gasteiger partial charge >= 0.3 is 5.97 Å². The summed E-state index contributed by atoms with van der Waals surface area (Å²) in [6, 6.07) is 4.96. The largest absolute Gasteiger partial charge is 0.480 e. The van der Waals surface area contributed by atoms with Gasteiger partial charge in [0, 0.05) is 5.56 Å². The third kappa shape index (κ3) is 3.29. The number of aliphatic carboxylic acids is 1. The first kappa shape index (κ1) is 14.2. The number of hydrogen-bond acceptors (Lipinski definition) is 2. The fourth-order valence-electron chi connectivity index (χ4n) is 1.65. The molecule has 0 saturated heterocycles. The Hall–Kier alpha value is -1.91. The Kier molecular flexibility index (Phi) is 4.42. The van der Waals surface area contributed by atoms with Crippen molar-refractivity contribution in [2.45, 2.75) is 32.2 Å². The highest BCUT2D eigenvalue weighted by Gasteiger charge is 2.33. The topological polar surface area (TPSA) is 66.4 Å². The van der Waals surface area contributed by atoms with Gasteiger partial charge in [0.2, 0.25) is 0 Å². The minimum absolute atomic E-state index is 0.236. The van der Waals surface area contributed by atoms with E-state index in [1.54, 1.807) is 0 Å². The average Bonchev–Trinajstić information content (AvgIpc) is 2.29. The van der Waals surface area contributed by atoms with Crippen molar-refractivity contribution < 1.29 is 19.1 Å². The van der Waals surface area contributed by atoms with Gasteiger partial charge in [0.05, 0.1) is 0 Å². The maximum atomic E-state index is 12.7. The van der Waals surface area contributed by atoms with Crippen molar-refractivity contribution in [3.05, 3.63) is 35.6 Å². The maximum Gasteiger partial charge on any atom is 0.329 e. The first-order chi connectivity index (χ1) is 8.39. The molecule has 0 heterocycles. The van der Waals surface area contributed by atoms with Crippen LogP contribution in [-0.2, 0) is 4.79 Å². The number of halogens is 1. The lowest BCUT2D eigenvalue weighted by Gasteiger charge is -2.25. The smallest absolute Gasteiger partial charge is 0.329 e. The number of carbonyl (C=O) groups excluding carboxylic acids is 1. The molecule has 1 atom stereocenters. The number of rotatable bonds is 5. The molecule has 0 saturated carbocycles. The molecule has 0 spiro atoms. The molecule has 5 heteroatoms. The number of nitrogens with one attached hydrogen (secondary N) is 1. The van der Waals surface area contributed by atoms with Crippen molar-refractivity contribution in [1.29, 1.82) is 0 Å². The Morgan fingerprint density at radius 2 is 1.89 bits per heavy atom. The molecular weight excluding hydrogens is 237 g/mol. The van der Waals surface area contributed by atoms with Crippen LogP contribution < -0.4 is 5.32 Å². The molecule has 1 aromatic rings. The van der Waals surface area contributed by atoms with Gasteiger partial charge < -0.3 is 10.4 Å². The standard InChI is InChI=1S/C13H16FNO3/c1-3-8-13(2,12(17)18)15-11(16)9-4-6-10(14)7-5-9/h4-7H,3,8H2,1-2H3,(H,15,16)(H,17,18). The molecule has 0 aliphatic rings. The minimum Gasteiger partial charge on any atom is -0.480 e. The number of carbonyl (C=O) groups is 2. The van der Waals surface area contributed by atoms with Gasteiger partial charge in [0.15, 0.2) is 0 Å². The zero-order chi connectivity index (χ0) is 13.8. The van der Waals surface area contributed by atoms with E-state index < -0.39 is 23.2 Å². The third-order valence-corrected chi connectivity index (χ3v) is 2.72. The summed E-state index contributed by atoms with van der Waals surface area (Å²) < 4.78 is 12.7. The van der Waals surface area contributed by atoms with Crippen LogP contribution in [0.1, 0.15) is 37.0 Å². The molecule has 1 unspecified atom stereocenters. The summed E-state index contributed by atoms with van der Waals surface area (Å²) in [7, 11) is 0. The number of carboxylic acid groups (broad SMARTS) is 1. The third-order valence-electron chi connectivity index (χ3n) is 2.72. The first-order valence-electron chi connectivity index (χ1n) is 5.70. The van der Waals surface area contributed by atoms with Crippen LogP contribution in [0.5, 0.6) is 0 Å². The second-order valence-electron chi connectivity index (χ2n) is 4.35. The van der Waals surface area contributed by atoms with E-state index in [9.17, 15) is 14.0 Å². The summed E-state index contributed by atoms with van der Waals surface area (Å²) in [5.74, 6) is -2.05. The molecule has 98 valence electrons. The molecule has 1 aromatic carbocycles. The van der Waals surface area contributed by atoms with E-state index in [1.807, 2.05) is 6.92 Å². The molecule has 1 rings (SSSR count). The molecule has 2 N–H and O–H groups in total. The van der Waals surface area contributed by atoms with E-state index in [2.05, 4.69) is 5.32 Å². The number of amides is 1. The highest BCUT2D eigenvalue weighted by Crippen LogP contribution is 2.14. The second-order valence-corrected chi connectivity index (χ2v) is 4.35. The van der Waals surface area contributed by atoms with Crippen molar-refractivity contribution >= 4 is 11.9 Å². The summed E-state index contributed by atoms with van der Waals surface area (Å²) in [4.78, 5) is 23.0. The Labute approximate surface area is 105 Å². The molecule has 4 nitrogen and oxygen atoms in total. The minimum atomic E-state index is -1.31. The Morgan fingerprint density at radius 1 is 1.33 bits per heavy atom. The van der Waals surface area contributed by atoms with Crippen LogP contribution in [-0.4, -0.2) is 22.5 Å². The van der Waals surface area contributed by atoms with Crippen LogP contribution >= 0.6 is 0 Å². The van der Waals surface area contributed by atoms with Gasteiger partial charge in [0.1, 0.15) is 11.4 Å². The summed E-state index contributed by atoms with van der Waals surface area (Å²) in [6.07, 6.45) is 0.960. The summed E-state index contributed by atoms with van der Waals surface area (Å²) >= 11 is 0. The number of carboxylic acids is 1. The molecule has 0 radical (unpaired) electrons. The highest BCUT2D eigenvalue weighted by molar-refractivity contribution is 5.97. The zero-order valence-electron chi connectivity index (χ0n) is 10.4. The van der Waals surface area contributed by atoms with Crippen molar-refractivity contribution in [3.8, 4) is 0 Å². The van der Waals surface area contributed by atoms with Crippen LogP contribution in [0.4, 0.5) is 4.39 Å². The number of hydrogen-bond donors (Lipinski definition) is 2. The maximum absolute atomic E-state index is 12.7.